The van der Waals surface area contributed by atoms with Crippen LogP contribution >= 0.6 is 22.6 Å². The normalized spacial score (nSPS) is 11.4. The molecule has 0 radical (unpaired) electrons. The second kappa shape index (κ2) is 5.47. The number of nitrogens with zero attached hydrogens (tertiary/aromatic N) is 8. The van der Waals surface area contributed by atoms with Crippen LogP contribution in [-0.2, 0) is 0 Å². The second-order valence-electron chi connectivity index (χ2n) is 5.18. The van der Waals surface area contributed by atoms with Crippen LogP contribution in [0.3, 0.4) is 0 Å². The van der Waals surface area contributed by atoms with E-state index in [-0.39, 0.29) is 0 Å². The Labute approximate surface area is 152 Å². The van der Waals surface area contributed by atoms with Gasteiger partial charge in [0.25, 0.3) is 0 Å². The average molecular weight is 444 g/mol. The summed E-state index contributed by atoms with van der Waals surface area (Å²) < 4.78 is 4.92. The Kier molecular flexibility index (Phi) is 3.12. The smallest absolute Gasteiger partial charge is 0.179 e. The lowest BCUT2D eigenvalue weighted by Crippen LogP contribution is -1.88. The van der Waals surface area contributed by atoms with Gasteiger partial charge in [-0.25, -0.2) is 9.97 Å². The largest absolute Gasteiger partial charge is 0.345 e. The standard InChI is InChI=1S/C7H4IN5.C7H5N5/c8-4-1-9-7-6(4)13-3-11-12-5(13)2-10-7;1-2-8-7-5(1)12-4-10-11-6(12)3-9-7/h1-3,9H;1-4,8H. The highest BCUT2D eigenvalue weighted by Crippen LogP contribution is 2.18. The van der Waals surface area contributed by atoms with Crippen LogP contribution in [0.25, 0.3) is 33.6 Å². The molecule has 6 heterocycles. The number of H-pyrrole nitrogens is 2. The van der Waals surface area contributed by atoms with Crippen molar-refractivity contribution in [1.82, 2.24) is 49.1 Å². The summed E-state index contributed by atoms with van der Waals surface area (Å²) >= 11 is 2.25. The molecule has 0 bridgehead atoms. The number of nitrogens with one attached hydrogen (secondary N) is 2. The average Bonchev–Trinajstić information content (AvgIpc) is 3.40. The third kappa shape index (κ3) is 2.23. The first kappa shape index (κ1) is 14.3. The van der Waals surface area contributed by atoms with E-state index >= 15 is 0 Å². The maximum Gasteiger partial charge on any atom is 0.179 e. The van der Waals surface area contributed by atoms with E-state index in [2.05, 4.69) is 62.9 Å². The summed E-state index contributed by atoms with van der Waals surface area (Å²) in [5.41, 5.74) is 5.27. The Morgan fingerprint density at radius 3 is 2.44 bits per heavy atom. The minimum atomic E-state index is 0.766. The molecule has 0 saturated carbocycles. The Hall–Kier alpha value is -3.09. The Bertz CT molecular complexity index is 1270. The van der Waals surface area contributed by atoms with Gasteiger partial charge in [-0.15, -0.1) is 20.4 Å². The van der Waals surface area contributed by atoms with E-state index < -0.39 is 0 Å². The van der Waals surface area contributed by atoms with Gasteiger partial charge >= 0.3 is 0 Å². The van der Waals surface area contributed by atoms with Crippen LogP contribution in [0.5, 0.6) is 0 Å². The lowest BCUT2D eigenvalue weighted by molar-refractivity contribution is 1.11. The molecule has 10 nitrogen and oxygen atoms in total. The zero-order valence-corrected chi connectivity index (χ0v) is 14.7. The first-order chi connectivity index (χ1) is 12.3. The van der Waals surface area contributed by atoms with Gasteiger partial charge in [0.1, 0.15) is 18.2 Å². The quantitative estimate of drug-likeness (QED) is 0.345. The molecule has 0 aliphatic rings. The van der Waals surface area contributed by atoms with Crippen molar-refractivity contribution in [1.29, 1.82) is 0 Å². The first-order valence-electron chi connectivity index (χ1n) is 7.24. The van der Waals surface area contributed by atoms with Gasteiger partial charge < -0.3 is 9.97 Å². The molecule has 0 aliphatic carbocycles. The maximum absolute atomic E-state index is 4.22. The Morgan fingerprint density at radius 1 is 0.880 bits per heavy atom. The summed E-state index contributed by atoms with van der Waals surface area (Å²) in [7, 11) is 0. The van der Waals surface area contributed by atoms with Crippen molar-refractivity contribution >= 4 is 56.2 Å². The van der Waals surface area contributed by atoms with Gasteiger partial charge in [-0.3, -0.25) is 8.80 Å². The van der Waals surface area contributed by atoms with Crippen LogP contribution in [0.15, 0.2) is 43.5 Å². The summed E-state index contributed by atoms with van der Waals surface area (Å²) in [6.07, 6.45) is 10.5. The molecule has 0 aromatic carbocycles. The monoisotopic (exact) mass is 444 g/mol. The lowest BCUT2D eigenvalue weighted by atomic mass is 10.5. The molecular weight excluding hydrogens is 435 g/mol. The molecule has 25 heavy (non-hydrogen) atoms. The fraction of sp³-hybridized carbons (Fsp3) is 0. The number of halogens is 1. The highest BCUT2D eigenvalue weighted by atomic mass is 127. The van der Waals surface area contributed by atoms with Crippen molar-refractivity contribution in [2.75, 3.05) is 0 Å². The van der Waals surface area contributed by atoms with Crippen LogP contribution in [0, 0.1) is 3.57 Å². The van der Waals surface area contributed by atoms with E-state index in [9.17, 15) is 0 Å². The van der Waals surface area contributed by atoms with Gasteiger partial charge in [0.2, 0.25) is 0 Å². The summed E-state index contributed by atoms with van der Waals surface area (Å²) in [5, 5.41) is 15.4. The van der Waals surface area contributed by atoms with E-state index in [1.165, 1.54) is 0 Å². The van der Waals surface area contributed by atoms with Crippen LogP contribution in [0.4, 0.5) is 0 Å². The fourth-order valence-corrected chi connectivity index (χ4v) is 3.30. The summed E-state index contributed by atoms with van der Waals surface area (Å²) in [6.45, 7) is 0. The van der Waals surface area contributed by atoms with Crippen molar-refractivity contribution in [3.8, 4) is 0 Å². The molecule has 0 atom stereocenters. The number of rotatable bonds is 0. The minimum Gasteiger partial charge on any atom is -0.345 e. The zero-order valence-electron chi connectivity index (χ0n) is 12.5. The molecule has 122 valence electrons. The highest BCUT2D eigenvalue weighted by Gasteiger charge is 2.07. The number of aromatic nitrogens is 10. The van der Waals surface area contributed by atoms with Gasteiger partial charge in [0.05, 0.1) is 21.5 Å². The number of aromatic amines is 2. The van der Waals surface area contributed by atoms with Crippen LogP contribution in [-0.4, -0.2) is 49.1 Å². The summed E-state index contributed by atoms with van der Waals surface area (Å²) in [4.78, 5) is 14.5. The third-order valence-corrected chi connectivity index (χ3v) is 4.58. The molecule has 0 amide bonds. The van der Waals surface area contributed by atoms with Crippen molar-refractivity contribution in [2.45, 2.75) is 0 Å². The molecule has 6 rings (SSSR count). The molecule has 0 fully saturated rings. The SMILES string of the molecule is Ic1c[nH]c2ncc3nncn3c12.c1cc2c(ncc3nncn32)[nH]1. The molecule has 0 saturated heterocycles. The molecule has 0 unspecified atom stereocenters. The third-order valence-electron chi connectivity index (χ3n) is 3.76. The maximum atomic E-state index is 4.22. The molecule has 0 spiro atoms. The minimum absolute atomic E-state index is 0.766. The predicted molar refractivity (Wildman–Crippen MR) is 98.0 cm³/mol. The van der Waals surface area contributed by atoms with Gasteiger partial charge in [0.15, 0.2) is 22.6 Å². The first-order valence-corrected chi connectivity index (χ1v) is 8.32. The molecule has 0 aliphatic heterocycles. The lowest BCUT2D eigenvalue weighted by Gasteiger charge is -1.93. The summed E-state index contributed by atoms with van der Waals surface area (Å²) in [6, 6.07) is 1.94. The predicted octanol–water partition coefficient (Wildman–Crippen LogP) is 1.82. The van der Waals surface area contributed by atoms with Crippen LogP contribution in [0.2, 0.25) is 0 Å². The molecule has 6 aromatic rings. The summed E-state index contributed by atoms with van der Waals surface area (Å²) in [5.74, 6) is 0. The van der Waals surface area contributed by atoms with Gasteiger partial charge in [-0.05, 0) is 28.7 Å². The van der Waals surface area contributed by atoms with Crippen LogP contribution < -0.4 is 0 Å². The van der Waals surface area contributed by atoms with E-state index in [0.29, 0.717) is 0 Å². The second-order valence-corrected chi connectivity index (χ2v) is 6.34. The van der Waals surface area contributed by atoms with Crippen molar-refractivity contribution < 1.29 is 0 Å². The topological polar surface area (TPSA) is 118 Å². The number of hydrogen-bond donors (Lipinski definition) is 2. The van der Waals surface area contributed by atoms with E-state index in [0.717, 1.165) is 37.2 Å². The number of hydrogen-bond acceptors (Lipinski definition) is 6. The van der Waals surface area contributed by atoms with Crippen molar-refractivity contribution in [2.24, 2.45) is 0 Å². The van der Waals surface area contributed by atoms with Crippen LogP contribution in [0.1, 0.15) is 0 Å². The molecule has 2 N–H and O–H groups in total. The van der Waals surface area contributed by atoms with Gasteiger partial charge in [0, 0.05) is 12.4 Å². The molecule has 6 aromatic heterocycles. The van der Waals surface area contributed by atoms with E-state index in [4.69, 9.17) is 0 Å². The Balaban J connectivity index is 0.000000112. The van der Waals surface area contributed by atoms with Gasteiger partial charge in [-0.1, -0.05) is 0 Å². The molecule has 11 heteroatoms. The number of fused-ring (bicyclic) bond motifs is 6. The zero-order chi connectivity index (χ0) is 16.8. The van der Waals surface area contributed by atoms with E-state index in [1.807, 2.05) is 27.3 Å². The Morgan fingerprint density at radius 2 is 1.60 bits per heavy atom. The van der Waals surface area contributed by atoms with Crippen molar-refractivity contribution in [3.05, 3.63) is 47.1 Å². The van der Waals surface area contributed by atoms with E-state index in [1.54, 1.807) is 25.0 Å². The fourth-order valence-electron chi connectivity index (χ4n) is 2.63. The van der Waals surface area contributed by atoms with Gasteiger partial charge in [-0.2, -0.15) is 0 Å². The van der Waals surface area contributed by atoms with Crippen molar-refractivity contribution in [3.63, 3.8) is 0 Å². The molecular formula is C14H9IN10. The highest BCUT2D eigenvalue weighted by molar-refractivity contribution is 14.1.